The molecule has 0 spiro atoms. The summed E-state index contributed by atoms with van der Waals surface area (Å²) in [6, 6.07) is 15.6. The predicted octanol–water partition coefficient (Wildman–Crippen LogP) is 3.97. The van der Waals surface area contributed by atoms with Crippen molar-refractivity contribution in [2.45, 2.75) is 61.6 Å². The molecule has 1 heterocycles. The molecular weight excluding hydrogens is 493 g/mol. The van der Waals surface area contributed by atoms with E-state index in [2.05, 4.69) is 24.3 Å². The number of halogens is 1. The standard InChI is InChI=1S/C28H38FN3O4S/c1-31(2)28(21-8-12-23(29)13-9-21)22-10-14-24(15-11-22)30-27(33)20-36-25-16-18-32(19-17-25)37(34,35)26-6-4-3-5-7-26/h3-9,12-13,22,24-25,28H,10-11,14-20H2,1-2H3,(H,30,33). The summed E-state index contributed by atoms with van der Waals surface area (Å²) < 4.78 is 46.3. The van der Waals surface area contributed by atoms with Crippen molar-refractivity contribution < 1.29 is 22.3 Å². The van der Waals surface area contributed by atoms with Crippen molar-refractivity contribution in [2.24, 2.45) is 5.92 Å². The van der Waals surface area contributed by atoms with Gasteiger partial charge in [-0.05, 0) is 88.4 Å². The Hall–Kier alpha value is -2.33. The van der Waals surface area contributed by atoms with E-state index in [4.69, 9.17) is 4.74 Å². The number of piperidine rings is 1. The maximum Gasteiger partial charge on any atom is 0.246 e. The van der Waals surface area contributed by atoms with Crippen LogP contribution in [0.5, 0.6) is 0 Å². The maximum atomic E-state index is 13.4. The summed E-state index contributed by atoms with van der Waals surface area (Å²) in [5.74, 6) is 0.102. The van der Waals surface area contributed by atoms with Crippen molar-refractivity contribution in [1.29, 1.82) is 0 Å². The third-order valence-corrected chi connectivity index (χ3v) is 9.50. The van der Waals surface area contributed by atoms with Crippen molar-refractivity contribution in [3.8, 4) is 0 Å². The van der Waals surface area contributed by atoms with Gasteiger partial charge in [0.2, 0.25) is 15.9 Å². The van der Waals surface area contributed by atoms with Crippen molar-refractivity contribution in [1.82, 2.24) is 14.5 Å². The summed E-state index contributed by atoms with van der Waals surface area (Å²) in [7, 11) is 0.620. The van der Waals surface area contributed by atoms with E-state index in [1.807, 2.05) is 12.1 Å². The Morgan fingerprint density at radius 3 is 2.22 bits per heavy atom. The van der Waals surface area contributed by atoms with E-state index < -0.39 is 10.0 Å². The molecule has 1 aliphatic heterocycles. The van der Waals surface area contributed by atoms with Gasteiger partial charge in [0.15, 0.2) is 0 Å². The van der Waals surface area contributed by atoms with Gasteiger partial charge in [0, 0.05) is 25.2 Å². The summed E-state index contributed by atoms with van der Waals surface area (Å²) in [5, 5.41) is 3.12. The molecule has 202 valence electrons. The molecule has 1 saturated carbocycles. The van der Waals surface area contributed by atoms with Crippen LogP contribution in [0, 0.1) is 11.7 Å². The third kappa shape index (κ3) is 7.16. The lowest BCUT2D eigenvalue weighted by Gasteiger charge is -2.38. The molecular formula is C28H38FN3O4S. The molecule has 37 heavy (non-hydrogen) atoms. The van der Waals surface area contributed by atoms with E-state index in [1.165, 1.54) is 16.4 Å². The molecule has 1 amide bonds. The Bertz CT molecular complexity index is 1110. The first-order chi connectivity index (χ1) is 17.7. The van der Waals surface area contributed by atoms with Crippen LogP contribution >= 0.6 is 0 Å². The molecule has 2 aromatic rings. The fourth-order valence-corrected chi connectivity index (χ4v) is 7.17. The normalized spacial score (nSPS) is 22.6. The fourth-order valence-electron chi connectivity index (χ4n) is 5.67. The highest BCUT2D eigenvalue weighted by atomic mass is 32.2. The van der Waals surface area contributed by atoms with Gasteiger partial charge in [0.1, 0.15) is 12.4 Å². The highest BCUT2D eigenvalue weighted by molar-refractivity contribution is 7.89. The number of benzene rings is 2. The minimum Gasteiger partial charge on any atom is -0.368 e. The first-order valence-corrected chi connectivity index (χ1v) is 14.6. The zero-order valence-electron chi connectivity index (χ0n) is 21.7. The predicted molar refractivity (Wildman–Crippen MR) is 141 cm³/mol. The molecule has 1 aliphatic carbocycles. The van der Waals surface area contributed by atoms with E-state index >= 15 is 0 Å². The molecule has 2 fully saturated rings. The molecule has 1 saturated heterocycles. The zero-order chi connectivity index (χ0) is 26.4. The average molecular weight is 532 g/mol. The van der Waals surface area contributed by atoms with Gasteiger partial charge in [-0.3, -0.25) is 4.79 Å². The number of sulfonamides is 1. The number of carbonyl (C=O) groups excluding carboxylic acids is 1. The molecule has 0 bridgehead atoms. The number of nitrogens with zero attached hydrogens (tertiary/aromatic N) is 2. The topological polar surface area (TPSA) is 79.0 Å². The molecule has 4 rings (SSSR count). The second-order valence-electron chi connectivity index (χ2n) is 10.4. The van der Waals surface area contributed by atoms with Gasteiger partial charge in [0.05, 0.1) is 11.0 Å². The van der Waals surface area contributed by atoms with E-state index in [0.717, 1.165) is 31.2 Å². The zero-order valence-corrected chi connectivity index (χ0v) is 22.5. The highest BCUT2D eigenvalue weighted by Gasteiger charge is 2.32. The van der Waals surface area contributed by atoms with Gasteiger partial charge in [-0.1, -0.05) is 30.3 Å². The summed E-state index contributed by atoms with van der Waals surface area (Å²) in [5.41, 5.74) is 1.12. The van der Waals surface area contributed by atoms with Crippen LogP contribution in [-0.4, -0.2) is 69.5 Å². The Morgan fingerprint density at radius 2 is 1.62 bits per heavy atom. The minimum absolute atomic E-state index is 0.00800. The smallest absolute Gasteiger partial charge is 0.246 e. The van der Waals surface area contributed by atoms with Gasteiger partial charge < -0.3 is 15.0 Å². The van der Waals surface area contributed by atoms with E-state index in [-0.39, 0.29) is 36.5 Å². The fraction of sp³-hybridized carbons (Fsp3) is 0.536. The van der Waals surface area contributed by atoms with Crippen molar-refractivity contribution in [2.75, 3.05) is 33.8 Å². The number of hydrogen-bond donors (Lipinski definition) is 1. The quantitative estimate of drug-likeness (QED) is 0.530. The molecule has 2 aromatic carbocycles. The van der Waals surface area contributed by atoms with Crippen molar-refractivity contribution >= 4 is 15.9 Å². The van der Waals surface area contributed by atoms with Crippen LogP contribution in [0.3, 0.4) is 0 Å². The number of ether oxygens (including phenoxy) is 1. The second-order valence-corrected chi connectivity index (χ2v) is 12.3. The lowest BCUT2D eigenvalue weighted by Crippen LogP contribution is -2.43. The van der Waals surface area contributed by atoms with Gasteiger partial charge in [0.25, 0.3) is 0 Å². The van der Waals surface area contributed by atoms with Gasteiger partial charge >= 0.3 is 0 Å². The van der Waals surface area contributed by atoms with E-state index in [1.54, 1.807) is 30.3 Å². The lowest BCUT2D eigenvalue weighted by molar-refractivity contribution is -0.129. The van der Waals surface area contributed by atoms with Crippen LogP contribution in [0.4, 0.5) is 4.39 Å². The number of rotatable bonds is 9. The summed E-state index contributed by atoms with van der Waals surface area (Å²) in [6.07, 6.45) is 4.79. The summed E-state index contributed by atoms with van der Waals surface area (Å²) >= 11 is 0. The molecule has 7 nitrogen and oxygen atoms in total. The first-order valence-electron chi connectivity index (χ1n) is 13.1. The van der Waals surface area contributed by atoms with Gasteiger partial charge in [-0.15, -0.1) is 0 Å². The van der Waals surface area contributed by atoms with Crippen LogP contribution in [0.15, 0.2) is 59.5 Å². The Kier molecular flexibility index (Phi) is 9.34. The second kappa shape index (κ2) is 12.5. The third-order valence-electron chi connectivity index (χ3n) is 7.58. The minimum atomic E-state index is -3.49. The van der Waals surface area contributed by atoms with Crippen LogP contribution in [0.1, 0.15) is 50.1 Å². The average Bonchev–Trinajstić information content (AvgIpc) is 2.90. The molecule has 1 atom stereocenters. The first kappa shape index (κ1) is 27.7. The van der Waals surface area contributed by atoms with Gasteiger partial charge in [-0.25, -0.2) is 12.8 Å². The lowest BCUT2D eigenvalue weighted by atomic mass is 9.78. The largest absolute Gasteiger partial charge is 0.368 e. The molecule has 2 aliphatic rings. The molecule has 1 unspecified atom stereocenters. The van der Waals surface area contributed by atoms with Crippen molar-refractivity contribution in [3.63, 3.8) is 0 Å². The summed E-state index contributed by atoms with van der Waals surface area (Å²) in [4.78, 5) is 15.1. The van der Waals surface area contributed by atoms with Crippen LogP contribution in [0.25, 0.3) is 0 Å². The Labute approximate surface area is 220 Å². The van der Waals surface area contributed by atoms with Crippen LogP contribution in [0.2, 0.25) is 0 Å². The number of carbonyl (C=O) groups is 1. The molecule has 0 aromatic heterocycles. The van der Waals surface area contributed by atoms with Crippen LogP contribution < -0.4 is 5.32 Å². The Morgan fingerprint density at radius 1 is 1.00 bits per heavy atom. The monoisotopic (exact) mass is 531 g/mol. The molecule has 9 heteroatoms. The maximum absolute atomic E-state index is 13.4. The highest BCUT2D eigenvalue weighted by Crippen LogP contribution is 2.37. The summed E-state index contributed by atoms with van der Waals surface area (Å²) in [6.45, 7) is 0.759. The number of amides is 1. The SMILES string of the molecule is CN(C)C(c1ccc(F)cc1)C1CCC(NC(=O)COC2CCN(S(=O)(=O)c3ccccc3)CC2)CC1. The Balaban J connectivity index is 1.18. The number of hydrogen-bond acceptors (Lipinski definition) is 5. The van der Waals surface area contributed by atoms with Gasteiger partial charge in [-0.2, -0.15) is 4.31 Å². The number of nitrogens with one attached hydrogen (secondary N) is 1. The molecule has 1 N–H and O–H groups in total. The van der Waals surface area contributed by atoms with E-state index in [0.29, 0.717) is 36.7 Å². The van der Waals surface area contributed by atoms with Crippen LogP contribution in [-0.2, 0) is 19.6 Å². The van der Waals surface area contributed by atoms with Crippen molar-refractivity contribution in [3.05, 3.63) is 66.0 Å². The molecule has 0 radical (unpaired) electrons. The van der Waals surface area contributed by atoms with E-state index in [9.17, 15) is 17.6 Å².